The molecule has 0 saturated carbocycles. The maximum atomic E-state index is 13.0. The number of nitrogens with zero attached hydrogens (tertiary/aromatic N) is 3. The van der Waals surface area contributed by atoms with Gasteiger partial charge in [0.05, 0.1) is 11.6 Å². The molecule has 0 fully saturated rings. The number of nitrogens with one attached hydrogen (secondary N) is 1. The lowest BCUT2D eigenvalue weighted by Gasteiger charge is -2.35. The number of allylic oxidation sites excluding steroid dienone is 1. The fourth-order valence-electron chi connectivity index (χ4n) is 3.79. The van der Waals surface area contributed by atoms with E-state index in [0.29, 0.717) is 36.3 Å². The van der Waals surface area contributed by atoms with Gasteiger partial charge in [-0.1, -0.05) is 28.9 Å². The second kappa shape index (κ2) is 10.4. The molecule has 0 radical (unpaired) electrons. The van der Waals surface area contributed by atoms with E-state index in [9.17, 15) is 4.79 Å². The van der Waals surface area contributed by atoms with Crippen molar-refractivity contribution in [1.29, 1.82) is 0 Å². The zero-order valence-electron chi connectivity index (χ0n) is 18.7. The summed E-state index contributed by atoms with van der Waals surface area (Å²) in [6, 6.07) is 14.8. The lowest BCUT2D eigenvalue weighted by Crippen LogP contribution is -2.46. The van der Waals surface area contributed by atoms with Crippen molar-refractivity contribution in [3.8, 4) is 11.4 Å². The lowest BCUT2D eigenvalue weighted by molar-refractivity contribution is 0.174. The van der Waals surface area contributed by atoms with Gasteiger partial charge in [0.1, 0.15) is 0 Å². The molecular weight excluding hydrogens is 460 g/mol. The molecule has 172 valence electrons. The van der Waals surface area contributed by atoms with Crippen LogP contribution in [0.4, 0.5) is 4.79 Å². The highest BCUT2D eigenvalue weighted by Gasteiger charge is 2.35. The Morgan fingerprint density at radius 3 is 2.58 bits per heavy atom. The molecule has 0 aliphatic carbocycles. The van der Waals surface area contributed by atoms with E-state index in [1.165, 1.54) is 0 Å². The van der Waals surface area contributed by atoms with Gasteiger partial charge in [0.25, 0.3) is 5.89 Å². The summed E-state index contributed by atoms with van der Waals surface area (Å²) in [5.41, 5.74) is 3.29. The largest absolute Gasteiger partial charge is 0.385 e. The standard InChI is InChI=1S/C24H25ClN4O3S/c1-15-20(23-27-22(28-32-23)17-5-9-18(25)10-6-17)21(16-7-11-19(33-3)12-8-16)26-24(30)29(15)13-4-14-31-2/h5-12,21H,4,13-14H2,1-3H3,(H,26,30). The van der Waals surface area contributed by atoms with Crippen molar-refractivity contribution in [2.24, 2.45) is 0 Å². The van der Waals surface area contributed by atoms with Crippen LogP contribution < -0.4 is 5.32 Å². The molecule has 9 heteroatoms. The first-order chi connectivity index (χ1) is 16.0. The summed E-state index contributed by atoms with van der Waals surface area (Å²) in [5, 5.41) is 7.94. The molecular formula is C24H25ClN4O3S. The molecule has 33 heavy (non-hydrogen) atoms. The summed E-state index contributed by atoms with van der Waals surface area (Å²) in [7, 11) is 1.65. The van der Waals surface area contributed by atoms with E-state index in [4.69, 9.17) is 20.9 Å². The van der Waals surface area contributed by atoms with E-state index in [1.54, 1.807) is 35.9 Å². The number of aromatic nitrogens is 2. The average molecular weight is 485 g/mol. The molecule has 3 aromatic rings. The second-order valence-electron chi connectivity index (χ2n) is 7.58. The second-order valence-corrected chi connectivity index (χ2v) is 8.90. The number of hydrogen-bond donors (Lipinski definition) is 1. The molecule has 1 aliphatic rings. The Morgan fingerprint density at radius 1 is 1.18 bits per heavy atom. The van der Waals surface area contributed by atoms with Crippen LogP contribution >= 0.6 is 23.4 Å². The molecule has 1 aromatic heterocycles. The molecule has 0 saturated heterocycles. The molecule has 1 N–H and O–H groups in total. The van der Waals surface area contributed by atoms with Gasteiger partial charge in [0.2, 0.25) is 5.82 Å². The Hall–Kier alpha value is -2.81. The lowest BCUT2D eigenvalue weighted by atomic mass is 9.94. The predicted octanol–water partition coefficient (Wildman–Crippen LogP) is 5.65. The van der Waals surface area contributed by atoms with E-state index in [-0.39, 0.29) is 6.03 Å². The third-order valence-electron chi connectivity index (χ3n) is 5.53. The predicted molar refractivity (Wildman–Crippen MR) is 130 cm³/mol. The average Bonchev–Trinajstić information content (AvgIpc) is 3.31. The minimum atomic E-state index is -0.411. The minimum Gasteiger partial charge on any atom is -0.385 e. The van der Waals surface area contributed by atoms with Crippen LogP contribution in [0.2, 0.25) is 5.02 Å². The van der Waals surface area contributed by atoms with Crippen molar-refractivity contribution in [2.75, 3.05) is 26.5 Å². The number of benzene rings is 2. The first kappa shape index (κ1) is 23.4. The Morgan fingerprint density at radius 2 is 1.91 bits per heavy atom. The number of halogens is 1. The maximum absolute atomic E-state index is 13.0. The van der Waals surface area contributed by atoms with Crippen molar-refractivity contribution >= 4 is 35.0 Å². The third kappa shape index (κ3) is 5.08. The number of hydrogen-bond acceptors (Lipinski definition) is 6. The van der Waals surface area contributed by atoms with E-state index in [1.807, 2.05) is 49.6 Å². The quantitative estimate of drug-likeness (QED) is 0.329. The minimum absolute atomic E-state index is 0.163. The summed E-state index contributed by atoms with van der Waals surface area (Å²) < 4.78 is 10.9. The van der Waals surface area contributed by atoms with Crippen molar-refractivity contribution in [2.45, 2.75) is 24.3 Å². The Bertz CT molecular complexity index is 1150. The number of urea groups is 1. The molecule has 2 amide bonds. The molecule has 0 bridgehead atoms. The van der Waals surface area contributed by atoms with Crippen molar-refractivity contribution < 1.29 is 14.1 Å². The van der Waals surface area contributed by atoms with Gasteiger partial charge >= 0.3 is 6.03 Å². The highest BCUT2D eigenvalue weighted by atomic mass is 35.5. The molecule has 2 heterocycles. The van der Waals surface area contributed by atoms with Gasteiger partial charge < -0.3 is 14.6 Å². The number of methoxy groups -OCH3 is 1. The number of carbonyl (C=O) groups is 1. The molecule has 0 spiro atoms. The van der Waals surface area contributed by atoms with E-state index in [2.05, 4.69) is 15.5 Å². The maximum Gasteiger partial charge on any atom is 0.322 e. The molecule has 2 aromatic carbocycles. The molecule has 4 rings (SSSR count). The summed E-state index contributed by atoms with van der Waals surface area (Å²) in [4.78, 5) is 20.5. The van der Waals surface area contributed by atoms with Gasteiger partial charge in [0.15, 0.2) is 0 Å². The highest BCUT2D eigenvalue weighted by Crippen LogP contribution is 2.37. The first-order valence-electron chi connectivity index (χ1n) is 10.5. The Kier molecular flexibility index (Phi) is 7.37. The van der Waals surface area contributed by atoms with E-state index in [0.717, 1.165) is 27.3 Å². The highest BCUT2D eigenvalue weighted by molar-refractivity contribution is 7.98. The first-order valence-corrected chi connectivity index (χ1v) is 12.1. The van der Waals surface area contributed by atoms with Gasteiger partial charge in [-0.15, -0.1) is 11.8 Å². The number of ether oxygens (including phenoxy) is 1. The third-order valence-corrected chi connectivity index (χ3v) is 6.53. The van der Waals surface area contributed by atoms with Gasteiger partial charge in [-0.2, -0.15) is 4.98 Å². The van der Waals surface area contributed by atoms with Crippen LogP contribution in [0, 0.1) is 0 Å². The smallest absolute Gasteiger partial charge is 0.322 e. The number of carbonyl (C=O) groups excluding carboxylic acids is 1. The molecule has 7 nitrogen and oxygen atoms in total. The topological polar surface area (TPSA) is 80.5 Å². The monoisotopic (exact) mass is 484 g/mol. The van der Waals surface area contributed by atoms with E-state index < -0.39 is 6.04 Å². The van der Waals surface area contributed by atoms with Gasteiger partial charge in [-0.05, 0) is 61.6 Å². The fourth-order valence-corrected chi connectivity index (χ4v) is 4.32. The van der Waals surface area contributed by atoms with Crippen LogP contribution in [-0.2, 0) is 4.74 Å². The SMILES string of the molecule is COCCCN1C(=O)NC(c2ccc(SC)cc2)C(c2nc(-c3ccc(Cl)cc3)no2)=C1C. The normalized spacial score (nSPS) is 16.3. The van der Waals surface area contributed by atoms with Gasteiger partial charge in [0, 0.05) is 41.4 Å². The Labute approximate surface area is 202 Å². The van der Waals surface area contributed by atoms with Gasteiger partial charge in [-0.25, -0.2) is 4.79 Å². The van der Waals surface area contributed by atoms with E-state index >= 15 is 0 Å². The number of rotatable bonds is 8. The zero-order valence-corrected chi connectivity index (χ0v) is 20.2. The van der Waals surface area contributed by atoms with Crippen LogP contribution in [0.1, 0.15) is 30.8 Å². The van der Waals surface area contributed by atoms with Crippen LogP contribution in [-0.4, -0.2) is 47.6 Å². The van der Waals surface area contributed by atoms with Gasteiger partial charge in [-0.3, -0.25) is 4.90 Å². The van der Waals surface area contributed by atoms with Crippen LogP contribution in [0.25, 0.3) is 17.0 Å². The summed E-state index contributed by atoms with van der Waals surface area (Å²) in [6.45, 7) is 2.99. The number of thioether (sulfide) groups is 1. The van der Waals surface area contributed by atoms with Crippen molar-refractivity contribution in [1.82, 2.24) is 20.4 Å². The summed E-state index contributed by atoms with van der Waals surface area (Å²) >= 11 is 7.67. The Balaban J connectivity index is 1.75. The van der Waals surface area contributed by atoms with Crippen LogP contribution in [0.5, 0.6) is 0 Å². The summed E-state index contributed by atoms with van der Waals surface area (Å²) in [6.07, 6.45) is 2.74. The van der Waals surface area contributed by atoms with Crippen molar-refractivity contribution in [3.63, 3.8) is 0 Å². The molecule has 1 aliphatic heterocycles. The number of amides is 2. The van der Waals surface area contributed by atoms with Crippen molar-refractivity contribution in [3.05, 3.63) is 70.7 Å². The fraction of sp³-hybridized carbons (Fsp3) is 0.292. The molecule has 1 unspecified atom stereocenters. The van der Waals surface area contributed by atoms with Crippen LogP contribution in [0.3, 0.4) is 0 Å². The summed E-state index contributed by atoms with van der Waals surface area (Å²) in [5.74, 6) is 0.828. The zero-order chi connectivity index (χ0) is 23.4. The van der Waals surface area contributed by atoms with Crippen LogP contribution in [0.15, 0.2) is 63.6 Å². The molecule has 1 atom stereocenters.